The first-order valence-corrected chi connectivity index (χ1v) is 7.26. The van der Waals surface area contributed by atoms with E-state index in [1.54, 1.807) is 18.2 Å². The van der Waals surface area contributed by atoms with E-state index in [-0.39, 0.29) is 5.91 Å². The van der Waals surface area contributed by atoms with E-state index in [1.165, 1.54) is 0 Å². The number of nitrogens with zero attached hydrogens (tertiary/aromatic N) is 1. The fraction of sp³-hybridized carbons (Fsp3) is 0.333. The van der Waals surface area contributed by atoms with E-state index < -0.39 is 0 Å². The number of carbonyl (C=O) groups excluding carboxylic acids is 1. The third-order valence-electron chi connectivity index (χ3n) is 2.92. The zero-order chi connectivity index (χ0) is 15.1. The van der Waals surface area contributed by atoms with Crippen molar-refractivity contribution in [3.63, 3.8) is 0 Å². The van der Waals surface area contributed by atoms with E-state index in [0.717, 1.165) is 12.0 Å². The summed E-state index contributed by atoms with van der Waals surface area (Å²) in [5, 5.41) is 10.4. The molecule has 6 heteroatoms. The van der Waals surface area contributed by atoms with Crippen molar-refractivity contribution in [2.24, 2.45) is 0 Å². The molecule has 2 N–H and O–H groups in total. The van der Waals surface area contributed by atoms with Crippen LogP contribution in [0.3, 0.4) is 0 Å². The van der Waals surface area contributed by atoms with Crippen molar-refractivity contribution < 1.29 is 9.53 Å². The van der Waals surface area contributed by atoms with Crippen molar-refractivity contribution >= 4 is 17.5 Å². The predicted octanol–water partition coefficient (Wildman–Crippen LogP) is 2.89. The number of hydrogen-bond acceptors (Lipinski definition) is 3. The Morgan fingerprint density at radius 1 is 1.38 bits per heavy atom. The Labute approximate surface area is 128 Å². The van der Waals surface area contributed by atoms with Crippen molar-refractivity contribution in [1.82, 2.24) is 15.5 Å². The van der Waals surface area contributed by atoms with Crippen molar-refractivity contribution in [1.29, 1.82) is 0 Å². The molecule has 0 aliphatic carbocycles. The summed E-state index contributed by atoms with van der Waals surface area (Å²) in [6.07, 6.45) is 0.789. The number of benzene rings is 1. The quantitative estimate of drug-likeness (QED) is 0.773. The molecule has 1 heterocycles. The molecule has 0 aliphatic heterocycles. The smallest absolute Gasteiger partial charge is 0.269 e. The molecule has 21 heavy (non-hydrogen) atoms. The highest BCUT2D eigenvalue weighted by atomic mass is 35.5. The average molecular weight is 308 g/mol. The zero-order valence-corrected chi connectivity index (χ0v) is 12.6. The van der Waals surface area contributed by atoms with Gasteiger partial charge in [0.1, 0.15) is 5.69 Å². The summed E-state index contributed by atoms with van der Waals surface area (Å²) >= 11 is 5.85. The first kappa shape index (κ1) is 15.5. The van der Waals surface area contributed by atoms with Crippen LogP contribution in [0.1, 0.15) is 23.8 Å². The van der Waals surface area contributed by atoms with Crippen LogP contribution in [0.4, 0.5) is 0 Å². The first-order valence-electron chi connectivity index (χ1n) is 6.88. The molecule has 0 unspecified atom stereocenters. The van der Waals surface area contributed by atoms with Gasteiger partial charge >= 0.3 is 0 Å². The van der Waals surface area contributed by atoms with Crippen LogP contribution >= 0.6 is 11.6 Å². The van der Waals surface area contributed by atoms with E-state index in [1.807, 2.05) is 19.1 Å². The van der Waals surface area contributed by atoms with Crippen LogP contribution in [0.5, 0.6) is 0 Å². The molecule has 2 aromatic rings. The Hall–Kier alpha value is -1.85. The molecule has 0 aliphatic rings. The summed E-state index contributed by atoms with van der Waals surface area (Å²) in [5.41, 5.74) is 2.06. The maximum Gasteiger partial charge on any atom is 0.269 e. The first-order chi connectivity index (χ1) is 10.2. The average Bonchev–Trinajstić information content (AvgIpc) is 2.97. The van der Waals surface area contributed by atoms with Gasteiger partial charge in [-0.15, -0.1) is 0 Å². The van der Waals surface area contributed by atoms with Crippen molar-refractivity contribution in [2.75, 3.05) is 19.8 Å². The number of aromatic amines is 1. The SMILES string of the molecule is CCOCCCNC(=O)c1cc(-c2ccc(Cl)cc2)n[nH]1. The molecular weight excluding hydrogens is 290 g/mol. The van der Waals surface area contributed by atoms with Crippen molar-refractivity contribution in [2.45, 2.75) is 13.3 Å². The number of H-pyrrole nitrogens is 1. The Bertz CT molecular complexity index is 581. The summed E-state index contributed by atoms with van der Waals surface area (Å²) in [5.74, 6) is -0.167. The van der Waals surface area contributed by atoms with Crippen LogP contribution < -0.4 is 5.32 Å². The van der Waals surface area contributed by atoms with Gasteiger partial charge in [0.2, 0.25) is 0 Å². The molecule has 0 fully saturated rings. The number of halogens is 1. The van der Waals surface area contributed by atoms with Crippen molar-refractivity contribution in [3.8, 4) is 11.3 Å². The molecule has 2 rings (SSSR count). The summed E-state index contributed by atoms with van der Waals surface area (Å²) in [6, 6.07) is 9.03. The van der Waals surface area contributed by atoms with E-state index in [2.05, 4.69) is 15.5 Å². The monoisotopic (exact) mass is 307 g/mol. The lowest BCUT2D eigenvalue weighted by Gasteiger charge is -2.03. The molecule has 0 atom stereocenters. The van der Waals surface area contributed by atoms with Gasteiger partial charge in [-0.25, -0.2) is 0 Å². The summed E-state index contributed by atoms with van der Waals surface area (Å²) in [7, 11) is 0. The minimum absolute atomic E-state index is 0.167. The molecule has 1 amide bonds. The third kappa shape index (κ3) is 4.58. The van der Waals surface area contributed by atoms with Gasteiger partial charge in [-0.2, -0.15) is 5.10 Å². The van der Waals surface area contributed by atoms with Gasteiger partial charge in [-0.1, -0.05) is 23.7 Å². The third-order valence-corrected chi connectivity index (χ3v) is 3.17. The summed E-state index contributed by atoms with van der Waals surface area (Å²) in [6.45, 7) is 3.87. The maximum absolute atomic E-state index is 11.9. The number of amides is 1. The summed E-state index contributed by atoms with van der Waals surface area (Å²) < 4.78 is 5.21. The van der Waals surface area contributed by atoms with Crippen LogP contribution in [0.2, 0.25) is 5.02 Å². The number of hydrogen-bond donors (Lipinski definition) is 2. The van der Waals surface area contributed by atoms with Gasteiger partial charge in [-0.05, 0) is 31.5 Å². The molecule has 0 bridgehead atoms. The second-order valence-corrected chi connectivity index (χ2v) is 4.92. The Kier molecular flexibility index (Phi) is 5.78. The van der Waals surface area contributed by atoms with E-state index in [9.17, 15) is 4.79 Å². The highest BCUT2D eigenvalue weighted by Gasteiger charge is 2.10. The number of aromatic nitrogens is 2. The molecule has 1 aromatic heterocycles. The van der Waals surface area contributed by atoms with Gasteiger partial charge in [0.15, 0.2) is 0 Å². The zero-order valence-electron chi connectivity index (χ0n) is 11.9. The highest BCUT2D eigenvalue weighted by Crippen LogP contribution is 2.20. The number of carbonyl (C=O) groups is 1. The maximum atomic E-state index is 11.9. The van der Waals surface area contributed by atoms with E-state index in [4.69, 9.17) is 16.3 Å². The fourth-order valence-electron chi connectivity index (χ4n) is 1.82. The molecule has 0 saturated carbocycles. The van der Waals surface area contributed by atoms with Crippen LogP contribution in [-0.2, 0) is 4.74 Å². The van der Waals surface area contributed by atoms with E-state index in [0.29, 0.717) is 36.2 Å². The molecule has 0 spiro atoms. The second-order valence-electron chi connectivity index (χ2n) is 4.48. The molecular formula is C15H18ClN3O2. The molecule has 5 nitrogen and oxygen atoms in total. The normalized spacial score (nSPS) is 10.6. The Morgan fingerprint density at radius 3 is 2.86 bits per heavy atom. The predicted molar refractivity (Wildman–Crippen MR) is 82.5 cm³/mol. The Morgan fingerprint density at radius 2 is 2.14 bits per heavy atom. The largest absolute Gasteiger partial charge is 0.382 e. The van der Waals surface area contributed by atoms with Crippen LogP contribution in [0.15, 0.2) is 30.3 Å². The van der Waals surface area contributed by atoms with Crippen LogP contribution in [0, 0.1) is 0 Å². The lowest BCUT2D eigenvalue weighted by Crippen LogP contribution is -2.25. The standard InChI is InChI=1S/C15H18ClN3O2/c1-2-21-9-3-8-17-15(20)14-10-13(18-19-14)11-4-6-12(16)7-5-11/h4-7,10H,2-3,8-9H2,1H3,(H,17,20)(H,18,19). The van der Waals surface area contributed by atoms with Gasteiger partial charge in [-0.3, -0.25) is 9.89 Å². The van der Waals surface area contributed by atoms with Gasteiger partial charge in [0.05, 0.1) is 5.69 Å². The topological polar surface area (TPSA) is 67.0 Å². The number of rotatable bonds is 7. The Balaban J connectivity index is 1.90. The highest BCUT2D eigenvalue weighted by molar-refractivity contribution is 6.30. The van der Waals surface area contributed by atoms with Gasteiger partial charge in [0, 0.05) is 30.3 Å². The minimum Gasteiger partial charge on any atom is -0.382 e. The lowest BCUT2D eigenvalue weighted by molar-refractivity contribution is 0.0939. The van der Waals surface area contributed by atoms with Crippen LogP contribution in [0.25, 0.3) is 11.3 Å². The molecule has 1 aromatic carbocycles. The molecule has 112 valence electrons. The molecule has 0 saturated heterocycles. The van der Waals surface area contributed by atoms with Crippen molar-refractivity contribution in [3.05, 3.63) is 41.0 Å². The van der Waals surface area contributed by atoms with Gasteiger partial charge in [0.25, 0.3) is 5.91 Å². The fourth-order valence-corrected chi connectivity index (χ4v) is 1.95. The summed E-state index contributed by atoms with van der Waals surface area (Å²) in [4.78, 5) is 11.9. The van der Waals surface area contributed by atoms with Gasteiger partial charge < -0.3 is 10.1 Å². The minimum atomic E-state index is -0.167. The van der Waals surface area contributed by atoms with E-state index >= 15 is 0 Å². The van der Waals surface area contributed by atoms with Crippen LogP contribution in [-0.4, -0.2) is 35.9 Å². The number of nitrogens with one attached hydrogen (secondary N) is 2. The second kappa shape index (κ2) is 7.81. The molecule has 0 radical (unpaired) electrons. The lowest BCUT2D eigenvalue weighted by atomic mass is 10.1. The number of ether oxygens (including phenoxy) is 1.